The highest BCUT2D eigenvalue weighted by Gasteiger charge is 2.32. The molecule has 10 heavy (non-hydrogen) atoms. The lowest BCUT2D eigenvalue weighted by Gasteiger charge is -2.06. The van der Waals surface area contributed by atoms with Gasteiger partial charge < -0.3 is 10.5 Å². The van der Waals surface area contributed by atoms with Gasteiger partial charge in [-0.3, -0.25) is 4.79 Å². The lowest BCUT2D eigenvalue weighted by atomic mass is 10.1. The van der Waals surface area contributed by atoms with Gasteiger partial charge in [-0.05, 0) is 18.8 Å². The van der Waals surface area contributed by atoms with Gasteiger partial charge in [0.1, 0.15) is 6.61 Å². The molecule has 3 heteroatoms. The first-order valence-corrected chi connectivity index (χ1v) is 3.53. The summed E-state index contributed by atoms with van der Waals surface area (Å²) >= 11 is 0. The molecule has 3 nitrogen and oxygen atoms in total. The second kappa shape index (κ2) is 3.12. The normalized spacial score (nSPS) is 20.6. The molecule has 0 heterocycles. The molecule has 1 aliphatic rings. The Hall–Kier alpha value is -0.410. The topological polar surface area (TPSA) is 52.3 Å². The van der Waals surface area contributed by atoms with Gasteiger partial charge in [-0.25, -0.2) is 0 Å². The molecule has 1 aliphatic carbocycles. The molecule has 0 saturated heterocycles. The Labute approximate surface area is 60.5 Å². The second-order valence-corrected chi connectivity index (χ2v) is 2.76. The summed E-state index contributed by atoms with van der Waals surface area (Å²) in [6, 6.07) is -0.264. The van der Waals surface area contributed by atoms with Crippen LogP contribution in [0.5, 0.6) is 0 Å². The standard InChI is InChI=1S/C7H13NO2/c1-10-4-6(9)7(8)5-2-3-5/h5,7H,2-4,8H2,1H3. The number of methoxy groups -OCH3 is 1. The summed E-state index contributed by atoms with van der Waals surface area (Å²) in [4.78, 5) is 11.0. The lowest BCUT2D eigenvalue weighted by molar-refractivity contribution is -0.124. The van der Waals surface area contributed by atoms with Gasteiger partial charge in [-0.1, -0.05) is 0 Å². The van der Waals surface area contributed by atoms with Crippen molar-refractivity contribution in [2.24, 2.45) is 11.7 Å². The summed E-state index contributed by atoms with van der Waals surface area (Å²) in [6.07, 6.45) is 2.22. The molecule has 2 N–H and O–H groups in total. The van der Waals surface area contributed by atoms with Crippen molar-refractivity contribution in [1.29, 1.82) is 0 Å². The van der Waals surface area contributed by atoms with Crippen LogP contribution in [0.4, 0.5) is 0 Å². The van der Waals surface area contributed by atoms with Crippen LogP contribution in [0.3, 0.4) is 0 Å². The molecule has 1 fully saturated rings. The number of carbonyl (C=O) groups excluding carboxylic acids is 1. The molecule has 0 aliphatic heterocycles. The van der Waals surface area contributed by atoms with E-state index >= 15 is 0 Å². The molecule has 0 aromatic rings. The van der Waals surface area contributed by atoms with E-state index in [0.717, 1.165) is 12.8 Å². The second-order valence-electron chi connectivity index (χ2n) is 2.76. The Morgan fingerprint density at radius 3 is 2.80 bits per heavy atom. The van der Waals surface area contributed by atoms with Crippen LogP contribution >= 0.6 is 0 Å². The van der Waals surface area contributed by atoms with Gasteiger partial charge in [0, 0.05) is 7.11 Å². The van der Waals surface area contributed by atoms with E-state index in [0.29, 0.717) is 5.92 Å². The Kier molecular flexibility index (Phi) is 2.40. The third kappa shape index (κ3) is 1.78. The van der Waals surface area contributed by atoms with Crippen LogP contribution in [0.25, 0.3) is 0 Å². The van der Waals surface area contributed by atoms with Crippen molar-refractivity contribution < 1.29 is 9.53 Å². The lowest BCUT2D eigenvalue weighted by Crippen LogP contribution is -2.35. The maximum absolute atomic E-state index is 11.0. The highest BCUT2D eigenvalue weighted by Crippen LogP contribution is 2.31. The molecule has 0 bridgehead atoms. The van der Waals surface area contributed by atoms with Gasteiger partial charge in [0.2, 0.25) is 0 Å². The fourth-order valence-electron chi connectivity index (χ4n) is 0.957. The molecular weight excluding hydrogens is 130 g/mol. The zero-order chi connectivity index (χ0) is 7.56. The fourth-order valence-corrected chi connectivity index (χ4v) is 0.957. The minimum absolute atomic E-state index is 0.0324. The molecule has 0 radical (unpaired) electrons. The van der Waals surface area contributed by atoms with Crippen molar-refractivity contribution in [1.82, 2.24) is 0 Å². The largest absolute Gasteiger partial charge is 0.377 e. The van der Waals surface area contributed by atoms with E-state index in [1.165, 1.54) is 7.11 Å². The molecule has 1 atom stereocenters. The van der Waals surface area contributed by atoms with Crippen molar-refractivity contribution in [3.8, 4) is 0 Å². The Morgan fingerprint density at radius 1 is 1.80 bits per heavy atom. The third-order valence-corrected chi connectivity index (χ3v) is 1.79. The van der Waals surface area contributed by atoms with Crippen molar-refractivity contribution in [3.05, 3.63) is 0 Å². The van der Waals surface area contributed by atoms with E-state index in [-0.39, 0.29) is 18.4 Å². The van der Waals surface area contributed by atoms with E-state index in [1.807, 2.05) is 0 Å². The Morgan fingerprint density at radius 2 is 2.40 bits per heavy atom. The maximum atomic E-state index is 11.0. The number of carbonyl (C=O) groups is 1. The number of ketones is 1. The van der Waals surface area contributed by atoms with Crippen molar-refractivity contribution in [2.45, 2.75) is 18.9 Å². The maximum Gasteiger partial charge on any atom is 0.175 e. The molecule has 58 valence electrons. The minimum atomic E-state index is -0.264. The van der Waals surface area contributed by atoms with Crippen LogP contribution < -0.4 is 5.73 Å². The summed E-state index contributed by atoms with van der Waals surface area (Å²) in [5, 5.41) is 0. The first-order chi connectivity index (χ1) is 4.75. The molecule has 0 aromatic heterocycles. The minimum Gasteiger partial charge on any atom is -0.377 e. The van der Waals surface area contributed by atoms with Gasteiger partial charge in [-0.2, -0.15) is 0 Å². The van der Waals surface area contributed by atoms with Gasteiger partial charge >= 0.3 is 0 Å². The highest BCUT2D eigenvalue weighted by molar-refractivity contribution is 5.85. The van der Waals surface area contributed by atoms with E-state index in [2.05, 4.69) is 4.74 Å². The summed E-state index contributed by atoms with van der Waals surface area (Å²) in [7, 11) is 1.51. The van der Waals surface area contributed by atoms with E-state index in [9.17, 15) is 4.79 Å². The average Bonchev–Trinajstić information content (AvgIpc) is 2.68. The van der Waals surface area contributed by atoms with E-state index in [1.54, 1.807) is 0 Å². The quantitative estimate of drug-likeness (QED) is 0.599. The molecule has 1 saturated carbocycles. The van der Waals surface area contributed by atoms with Crippen molar-refractivity contribution in [2.75, 3.05) is 13.7 Å². The molecule has 1 unspecified atom stereocenters. The first-order valence-electron chi connectivity index (χ1n) is 3.53. The number of hydrogen-bond donors (Lipinski definition) is 1. The Bertz CT molecular complexity index is 132. The number of rotatable bonds is 4. The van der Waals surface area contributed by atoms with Crippen molar-refractivity contribution >= 4 is 5.78 Å². The third-order valence-electron chi connectivity index (χ3n) is 1.79. The van der Waals surface area contributed by atoms with Gasteiger partial charge in [-0.15, -0.1) is 0 Å². The molecule has 0 aromatic carbocycles. The average molecular weight is 143 g/mol. The monoisotopic (exact) mass is 143 g/mol. The predicted molar refractivity (Wildman–Crippen MR) is 37.6 cm³/mol. The van der Waals surface area contributed by atoms with Gasteiger partial charge in [0.05, 0.1) is 6.04 Å². The van der Waals surface area contributed by atoms with E-state index < -0.39 is 0 Å². The fraction of sp³-hybridized carbons (Fsp3) is 0.857. The molecule has 0 amide bonds. The molecule has 0 spiro atoms. The van der Waals surface area contributed by atoms with E-state index in [4.69, 9.17) is 5.73 Å². The van der Waals surface area contributed by atoms with Crippen LogP contribution in [-0.4, -0.2) is 25.5 Å². The van der Waals surface area contributed by atoms with Crippen LogP contribution in [0.2, 0.25) is 0 Å². The Balaban J connectivity index is 2.24. The zero-order valence-electron chi connectivity index (χ0n) is 6.17. The van der Waals surface area contributed by atoms with Gasteiger partial charge in [0.25, 0.3) is 0 Å². The van der Waals surface area contributed by atoms with Crippen LogP contribution in [0.1, 0.15) is 12.8 Å². The van der Waals surface area contributed by atoms with Crippen molar-refractivity contribution in [3.63, 3.8) is 0 Å². The number of ether oxygens (including phenoxy) is 1. The van der Waals surface area contributed by atoms with Gasteiger partial charge in [0.15, 0.2) is 5.78 Å². The molecule has 1 rings (SSSR count). The summed E-state index contributed by atoms with van der Waals surface area (Å²) in [6.45, 7) is 0.164. The summed E-state index contributed by atoms with van der Waals surface area (Å²) in [5.41, 5.74) is 5.58. The van der Waals surface area contributed by atoms with Crippen LogP contribution in [-0.2, 0) is 9.53 Å². The van der Waals surface area contributed by atoms with Crippen LogP contribution in [0, 0.1) is 5.92 Å². The zero-order valence-corrected chi connectivity index (χ0v) is 6.17. The number of Topliss-reactive ketones (excluding diaryl/α,β-unsaturated/α-hetero) is 1. The summed E-state index contributed by atoms with van der Waals surface area (Å²) < 4.78 is 4.67. The predicted octanol–water partition coefficient (Wildman–Crippen LogP) is -0.0608. The first kappa shape index (κ1) is 7.69. The number of hydrogen-bond acceptors (Lipinski definition) is 3. The summed E-state index contributed by atoms with van der Waals surface area (Å²) in [5.74, 6) is 0.479. The van der Waals surface area contributed by atoms with Crippen LogP contribution in [0.15, 0.2) is 0 Å². The SMILES string of the molecule is COCC(=O)C(N)C1CC1. The number of nitrogens with two attached hydrogens (primary N) is 1. The smallest absolute Gasteiger partial charge is 0.175 e. The highest BCUT2D eigenvalue weighted by atomic mass is 16.5. The molecular formula is C7H13NO2.